The van der Waals surface area contributed by atoms with Crippen molar-refractivity contribution in [2.24, 2.45) is 0 Å². The lowest BCUT2D eigenvalue weighted by Crippen LogP contribution is -2.25. The highest BCUT2D eigenvalue weighted by atomic mass is 16.5. The van der Waals surface area contributed by atoms with Gasteiger partial charge in [-0.25, -0.2) is 4.98 Å². The Morgan fingerprint density at radius 3 is 2.32 bits per heavy atom. The van der Waals surface area contributed by atoms with Crippen molar-refractivity contribution in [2.45, 2.75) is 31.7 Å². The minimum absolute atomic E-state index is 0.0206. The SMILES string of the molecule is COCC(=O)Nc1ccc(NC(=O)CCc2nc3ccccc3c(=O)n2C2CC2)cc1. The maximum absolute atomic E-state index is 12.9. The monoisotopic (exact) mass is 420 g/mol. The van der Waals surface area contributed by atoms with E-state index in [9.17, 15) is 14.4 Å². The Hall–Kier alpha value is -3.52. The number of amides is 2. The minimum Gasteiger partial charge on any atom is -0.375 e. The summed E-state index contributed by atoms with van der Waals surface area (Å²) in [7, 11) is 1.45. The third kappa shape index (κ3) is 4.97. The molecule has 0 radical (unpaired) electrons. The van der Waals surface area contributed by atoms with Gasteiger partial charge in [-0.1, -0.05) is 12.1 Å². The van der Waals surface area contributed by atoms with Gasteiger partial charge >= 0.3 is 0 Å². The van der Waals surface area contributed by atoms with Crippen molar-refractivity contribution >= 4 is 34.1 Å². The fraction of sp³-hybridized carbons (Fsp3) is 0.304. The molecule has 31 heavy (non-hydrogen) atoms. The summed E-state index contributed by atoms with van der Waals surface area (Å²) < 4.78 is 6.54. The van der Waals surface area contributed by atoms with Gasteiger partial charge in [-0.05, 0) is 49.2 Å². The molecule has 160 valence electrons. The van der Waals surface area contributed by atoms with E-state index in [4.69, 9.17) is 4.74 Å². The molecule has 3 aromatic rings. The Morgan fingerprint density at radius 1 is 1.03 bits per heavy atom. The number of nitrogens with one attached hydrogen (secondary N) is 2. The van der Waals surface area contributed by atoms with Crippen LogP contribution in [0.25, 0.3) is 10.9 Å². The zero-order valence-electron chi connectivity index (χ0n) is 17.3. The first kappa shape index (κ1) is 20.7. The number of carbonyl (C=O) groups excluding carboxylic acids is 2. The van der Waals surface area contributed by atoms with Gasteiger partial charge in [0.15, 0.2) is 0 Å². The number of aryl methyl sites for hydroxylation is 1. The van der Waals surface area contributed by atoms with E-state index in [0.717, 1.165) is 12.8 Å². The smallest absolute Gasteiger partial charge is 0.261 e. The highest BCUT2D eigenvalue weighted by Crippen LogP contribution is 2.34. The highest BCUT2D eigenvalue weighted by Gasteiger charge is 2.28. The van der Waals surface area contributed by atoms with Crippen LogP contribution in [-0.4, -0.2) is 35.1 Å². The summed E-state index contributed by atoms with van der Waals surface area (Å²) in [6.07, 6.45) is 2.52. The molecule has 1 saturated carbocycles. The number of anilines is 2. The van der Waals surface area contributed by atoms with Crippen molar-refractivity contribution < 1.29 is 14.3 Å². The van der Waals surface area contributed by atoms with Gasteiger partial charge in [0, 0.05) is 37.4 Å². The summed E-state index contributed by atoms with van der Waals surface area (Å²) in [5.41, 5.74) is 1.87. The number of methoxy groups -OCH3 is 1. The van der Waals surface area contributed by atoms with Crippen LogP contribution in [0, 0.1) is 0 Å². The highest BCUT2D eigenvalue weighted by molar-refractivity contribution is 5.93. The Balaban J connectivity index is 1.41. The normalized spacial score (nSPS) is 13.2. The number of carbonyl (C=O) groups is 2. The van der Waals surface area contributed by atoms with E-state index < -0.39 is 0 Å². The number of ether oxygens (including phenoxy) is 1. The van der Waals surface area contributed by atoms with E-state index in [0.29, 0.717) is 34.5 Å². The average molecular weight is 420 g/mol. The molecular weight excluding hydrogens is 396 g/mol. The quantitative estimate of drug-likeness (QED) is 0.583. The molecule has 1 aromatic heterocycles. The van der Waals surface area contributed by atoms with Gasteiger partial charge in [-0.2, -0.15) is 0 Å². The molecule has 8 nitrogen and oxygen atoms in total. The predicted molar refractivity (Wildman–Crippen MR) is 118 cm³/mol. The van der Waals surface area contributed by atoms with Crippen molar-refractivity contribution in [3.8, 4) is 0 Å². The molecule has 0 spiro atoms. The number of benzene rings is 2. The molecule has 1 heterocycles. The Morgan fingerprint density at radius 2 is 1.68 bits per heavy atom. The standard InChI is InChI=1S/C23H24N4O4/c1-31-14-22(29)25-16-8-6-15(7-9-16)24-21(28)13-12-20-26-19-5-3-2-4-18(19)23(30)27(20)17-10-11-17/h2-9,17H,10-14H2,1H3,(H,24,28)(H,25,29). The minimum atomic E-state index is -0.246. The van der Waals surface area contributed by atoms with Crippen LogP contribution in [0.2, 0.25) is 0 Å². The molecular formula is C23H24N4O4. The summed E-state index contributed by atoms with van der Waals surface area (Å²) in [6.45, 7) is -0.0206. The first-order valence-electron chi connectivity index (χ1n) is 10.2. The molecule has 0 bridgehead atoms. The molecule has 8 heteroatoms. The Labute approximate surface area is 179 Å². The van der Waals surface area contributed by atoms with Gasteiger partial charge < -0.3 is 15.4 Å². The lowest BCUT2D eigenvalue weighted by atomic mass is 10.2. The van der Waals surface area contributed by atoms with E-state index in [2.05, 4.69) is 15.6 Å². The van der Waals surface area contributed by atoms with Crippen LogP contribution in [-0.2, 0) is 20.7 Å². The number of hydrogen-bond donors (Lipinski definition) is 2. The second-order valence-electron chi connectivity index (χ2n) is 7.56. The predicted octanol–water partition coefficient (Wildman–Crippen LogP) is 2.89. The van der Waals surface area contributed by atoms with E-state index in [-0.39, 0.29) is 36.4 Å². The first-order chi connectivity index (χ1) is 15.0. The summed E-state index contributed by atoms with van der Waals surface area (Å²) in [4.78, 5) is 41.6. The zero-order valence-corrected chi connectivity index (χ0v) is 17.3. The average Bonchev–Trinajstić information content (AvgIpc) is 3.59. The lowest BCUT2D eigenvalue weighted by Gasteiger charge is -2.13. The van der Waals surface area contributed by atoms with E-state index in [1.807, 2.05) is 18.2 Å². The van der Waals surface area contributed by atoms with Gasteiger partial charge in [0.1, 0.15) is 12.4 Å². The van der Waals surface area contributed by atoms with Crippen molar-refractivity contribution in [3.05, 3.63) is 64.7 Å². The molecule has 1 fully saturated rings. The van der Waals surface area contributed by atoms with E-state index >= 15 is 0 Å². The molecule has 2 aromatic carbocycles. The number of aromatic nitrogens is 2. The van der Waals surface area contributed by atoms with Crippen LogP contribution in [0.3, 0.4) is 0 Å². The van der Waals surface area contributed by atoms with E-state index in [1.54, 1.807) is 34.9 Å². The molecule has 1 aliphatic carbocycles. The number of rotatable bonds is 8. The van der Waals surface area contributed by atoms with Crippen LogP contribution in [0.4, 0.5) is 11.4 Å². The van der Waals surface area contributed by atoms with Crippen molar-refractivity contribution in [3.63, 3.8) is 0 Å². The van der Waals surface area contributed by atoms with Crippen LogP contribution in [0.15, 0.2) is 53.3 Å². The van der Waals surface area contributed by atoms with Gasteiger partial charge in [0.25, 0.3) is 5.56 Å². The molecule has 0 saturated heterocycles. The van der Waals surface area contributed by atoms with E-state index in [1.165, 1.54) is 7.11 Å². The van der Waals surface area contributed by atoms with Crippen LogP contribution in [0.1, 0.15) is 31.1 Å². The second kappa shape index (κ2) is 9.09. The van der Waals surface area contributed by atoms with Crippen LogP contribution in [0.5, 0.6) is 0 Å². The maximum atomic E-state index is 12.9. The number of fused-ring (bicyclic) bond motifs is 1. The molecule has 0 unspecified atom stereocenters. The Kier molecular flexibility index (Phi) is 6.08. The first-order valence-corrected chi connectivity index (χ1v) is 10.2. The van der Waals surface area contributed by atoms with Crippen molar-refractivity contribution in [2.75, 3.05) is 24.4 Å². The summed E-state index contributed by atoms with van der Waals surface area (Å²) in [5, 5.41) is 6.15. The number of para-hydroxylation sites is 1. The molecule has 1 aliphatic rings. The fourth-order valence-corrected chi connectivity index (χ4v) is 3.49. The largest absolute Gasteiger partial charge is 0.375 e. The van der Waals surface area contributed by atoms with Gasteiger partial charge in [-0.3, -0.25) is 19.0 Å². The molecule has 0 atom stereocenters. The van der Waals surface area contributed by atoms with Crippen molar-refractivity contribution in [1.29, 1.82) is 0 Å². The number of hydrogen-bond acceptors (Lipinski definition) is 5. The summed E-state index contributed by atoms with van der Waals surface area (Å²) in [6, 6.07) is 14.3. The number of nitrogens with zero attached hydrogens (tertiary/aromatic N) is 2. The fourth-order valence-electron chi connectivity index (χ4n) is 3.49. The zero-order chi connectivity index (χ0) is 21.8. The second-order valence-corrected chi connectivity index (χ2v) is 7.56. The van der Waals surface area contributed by atoms with Crippen LogP contribution < -0.4 is 16.2 Å². The molecule has 4 rings (SSSR count). The topological polar surface area (TPSA) is 102 Å². The summed E-state index contributed by atoms with van der Waals surface area (Å²) >= 11 is 0. The van der Waals surface area contributed by atoms with Gasteiger partial charge in [0.2, 0.25) is 11.8 Å². The van der Waals surface area contributed by atoms with Crippen molar-refractivity contribution in [1.82, 2.24) is 9.55 Å². The van der Waals surface area contributed by atoms with Gasteiger partial charge in [-0.15, -0.1) is 0 Å². The molecule has 2 N–H and O–H groups in total. The van der Waals surface area contributed by atoms with Crippen LogP contribution >= 0.6 is 0 Å². The lowest BCUT2D eigenvalue weighted by molar-refractivity contribution is -0.119. The third-order valence-corrected chi connectivity index (χ3v) is 5.10. The maximum Gasteiger partial charge on any atom is 0.261 e. The van der Waals surface area contributed by atoms with Gasteiger partial charge in [0.05, 0.1) is 10.9 Å². The molecule has 2 amide bonds. The Bertz CT molecular complexity index is 1170. The molecule has 0 aliphatic heterocycles. The third-order valence-electron chi connectivity index (χ3n) is 5.10. The summed E-state index contributed by atoms with van der Waals surface area (Å²) in [5.74, 6) is 0.238.